The molecule has 0 amide bonds. The van der Waals surface area contributed by atoms with Crippen LogP contribution in [0.25, 0.3) is 16.2 Å². The average Bonchev–Trinajstić information content (AvgIpc) is 3.21. The fourth-order valence-electron chi connectivity index (χ4n) is 2.77. The lowest BCUT2D eigenvalue weighted by Crippen LogP contribution is -2.32. The molecule has 23 heavy (non-hydrogen) atoms. The highest BCUT2D eigenvalue weighted by Gasteiger charge is 2.29. The van der Waals surface area contributed by atoms with E-state index in [1.807, 2.05) is 35.0 Å². The van der Waals surface area contributed by atoms with Gasteiger partial charge in [0.05, 0.1) is 17.5 Å². The predicted molar refractivity (Wildman–Crippen MR) is 93.4 cm³/mol. The molecule has 0 radical (unpaired) electrons. The van der Waals surface area contributed by atoms with Gasteiger partial charge < -0.3 is 10.1 Å². The molecule has 0 aliphatic carbocycles. The summed E-state index contributed by atoms with van der Waals surface area (Å²) < 4.78 is 7.60. The summed E-state index contributed by atoms with van der Waals surface area (Å²) in [7, 11) is 0. The van der Waals surface area contributed by atoms with E-state index in [1.165, 1.54) is 0 Å². The van der Waals surface area contributed by atoms with Crippen molar-refractivity contribution in [3.63, 3.8) is 0 Å². The molecule has 5 nitrogen and oxygen atoms in total. The molecule has 1 N–H and O–H groups in total. The molecular formula is C16H17ClN4OS. The molecule has 0 bridgehead atoms. The Bertz CT molecular complexity index is 789. The van der Waals surface area contributed by atoms with Gasteiger partial charge in [-0.3, -0.25) is 0 Å². The summed E-state index contributed by atoms with van der Waals surface area (Å²) >= 11 is 7.47. The normalized spacial score (nSPS) is 21.1. The predicted octanol–water partition coefficient (Wildman–Crippen LogP) is 4.09. The number of ether oxygens (including phenoxy) is 1. The second kappa shape index (κ2) is 5.78. The van der Waals surface area contributed by atoms with Crippen molar-refractivity contribution in [2.45, 2.75) is 25.4 Å². The molecular weight excluding hydrogens is 332 g/mol. The molecule has 1 aliphatic heterocycles. The van der Waals surface area contributed by atoms with Crippen molar-refractivity contribution in [3.05, 3.63) is 35.5 Å². The molecule has 1 aromatic carbocycles. The Morgan fingerprint density at radius 1 is 1.39 bits per heavy atom. The van der Waals surface area contributed by atoms with Crippen molar-refractivity contribution in [2.75, 3.05) is 18.5 Å². The molecule has 3 aromatic rings. The first-order chi connectivity index (χ1) is 11.1. The van der Waals surface area contributed by atoms with Crippen LogP contribution in [0.5, 0.6) is 0 Å². The van der Waals surface area contributed by atoms with Crippen LogP contribution in [0.4, 0.5) is 5.13 Å². The van der Waals surface area contributed by atoms with Crippen LogP contribution >= 0.6 is 22.9 Å². The summed E-state index contributed by atoms with van der Waals surface area (Å²) in [5.41, 5.74) is 1.86. The molecule has 1 fully saturated rings. The summed E-state index contributed by atoms with van der Waals surface area (Å²) in [5, 5.41) is 9.51. The van der Waals surface area contributed by atoms with Gasteiger partial charge in [-0.15, -0.1) is 5.10 Å². The number of benzene rings is 1. The maximum atomic E-state index is 5.92. The topological polar surface area (TPSA) is 51.5 Å². The largest absolute Gasteiger partial charge is 0.373 e. The minimum atomic E-state index is -0.0811. The van der Waals surface area contributed by atoms with E-state index in [1.54, 1.807) is 11.3 Å². The fraction of sp³-hybridized carbons (Fsp3) is 0.375. The van der Waals surface area contributed by atoms with E-state index >= 15 is 0 Å². The summed E-state index contributed by atoms with van der Waals surface area (Å²) in [5.74, 6) is 0. The summed E-state index contributed by atoms with van der Waals surface area (Å²) in [6, 6.07) is 7.67. The molecule has 7 heteroatoms. The maximum absolute atomic E-state index is 5.92. The highest BCUT2D eigenvalue weighted by molar-refractivity contribution is 7.20. The standard InChI is InChI=1S/C16H17ClN4OS/c1-16(7-2-8-22-16)10-18-14-20-21-9-13(19-15(21)23-14)11-3-5-12(17)6-4-11/h3-6,9H,2,7-8,10H2,1H3,(H,18,20). The van der Waals surface area contributed by atoms with Gasteiger partial charge in [0.15, 0.2) is 0 Å². The Labute approximate surface area is 143 Å². The number of anilines is 1. The van der Waals surface area contributed by atoms with Crippen LogP contribution in [0.15, 0.2) is 30.5 Å². The molecule has 3 heterocycles. The van der Waals surface area contributed by atoms with Crippen molar-refractivity contribution >= 4 is 33.0 Å². The number of aromatic nitrogens is 3. The van der Waals surface area contributed by atoms with Crippen LogP contribution in [0.1, 0.15) is 19.8 Å². The SMILES string of the molecule is CC1(CNc2nn3cc(-c4ccc(Cl)cc4)nc3s2)CCCO1. The average molecular weight is 349 g/mol. The smallest absolute Gasteiger partial charge is 0.214 e. The van der Waals surface area contributed by atoms with Crippen LogP contribution in [0.2, 0.25) is 5.02 Å². The molecule has 0 saturated carbocycles. The zero-order valence-corrected chi connectivity index (χ0v) is 14.3. The number of fused-ring (bicyclic) bond motifs is 1. The molecule has 0 spiro atoms. The number of hydrogen-bond donors (Lipinski definition) is 1. The quantitative estimate of drug-likeness (QED) is 0.771. The molecule has 1 atom stereocenters. The van der Waals surface area contributed by atoms with Crippen molar-refractivity contribution in [1.82, 2.24) is 14.6 Å². The highest BCUT2D eigenvalue weighted by atomic mass is 35.5. The first-order valence-electron chi connectivity index (χ1n) is 7.61. The van der Waals surface area contributed by atoms with Gasteiger partial charge in [-0.25, -0.2) is 9.50 Å². The van der Waals surface area contributed by atoms with Gasteiger partial charge in [0, 0.05) is 23.7 Å². The third-order valence-electron chi connectivity index (χ3n) is 4.10. The van der Waals surface area contributed by atoms with Gasteiger partial charge in [-0.1, -0.05) is 35.1 Å². The minimum absolute atomic E-state index is 0.0811. The van der Waals surface area contributed by atoms with Gasteiger partial charge in [0.25, 0.3) is 0 Å². The number of rotatable bonds is 4. The molecule has 120 valence electrons. The van der Waals surface area contributed by atoms with E-state index in [-0.39, 0.29) is 5.60 Å². The van der Waals surface area contributed by atoms with Crippen molar-refractivity contribution < 1.29 is 4.74 Å². The summed E-state index contributed by atoms with van der Waals surface area (Å²) in [6.07, 6.45) is 4.15. The molecule has 2 aromatic heterocycles. The maximum Gasteiger partial charge on any atom is 0.214 e. The van der Waals surface area contributed by atoms with E-state index < -0.39 is 0 Å². The Hall–Kier alpha value is -1.63. The zero-order valence-electron chi connectivity index (χ0n) is 12.8. The summed E-state index contributed by atoms with van der Waals surface area (Å²) in [6.45, 7) is 3.77. The number of nitrogens with zero attached hydrogens (tertiary/aromatic N) is 3. The van der Waals surface area contributed by atoms with E-state index in [4.69, 9.17) is 16.3 Å². The first-order valence-corrected chi connectivity index (χ1v) is 8.81. The van der Waals surface area contributed by atoms with Crippen molar-refractivity contribution in [2.24, 2.45) is 0 Å². The number of hydrogen-bond acceptors (Lipinski definition) is 5. The first kappa shape index (κ1) is 14.9. The minimum Gasteiger partial charge on any atom is -0.373 e. The monoisotopic (exact) mass is 348 g/mol. The number of imidazole rings is 1. The lowest BCUT2D eigenvalue weighted by Gasteiger charge is -2.22. The number of nitrogens with one attached hydrogen (secondary N) is 1. The Morgan fingerprint density at radius 3 is 2.91 bits per heavy atom. The van der Waals surface area contributed by atoms with Crippen LogP contribution in [-0.4, -0.2) is 33.4 Å². The Kier molecular flexibility index (Phi) is 3.75. The third kappa shape index (κ3) is 3.06. The van der Waals surface area contributed by atoms with E-state index in [9.17, 15) is 0 Å². The van der Waals surface area contributed by atoms with E-state index in [2.05, 4.69) is 22.3 Å². The van der Waals surface area contributed by atoms with Crippen LogP contribution < -0.4 is 5.32 Å². The van der Waals surface area contributed by atoms with Crippen LogP contribution in [-0.2, 0) is 4.74 Å². The Balaban J connectivity index is 1.51. The molecule has 1 aliphatic rings. The van der Waals surface area contributed by atoms with Crippen LogP contribution in [0.3, 0.4) is 0 Å². The lowest BCUT2D eigenvalue weighted by atomic mass is 10.0. The van der Waals surface area contributed by atoms with Crippen molar-refractivity contribution in [3.8, 4) is 11.3 Å². The second-order valence-corrected chi connectivity index (χ2v) is 7.42. The van der Waals surface area contributed by atoms with E-state index in [0.29, 0.717) is 0 Å². The number of halogens is 1. The van der Waals surface area contributed by atoms with Crippen LogP contribution in [0, 0.1) is 0 Å². The molecule has 1 saturated heterocycles. The Morgan fingerprint density at radius 2 is 2.22 bits per heavy atom. The highest BCUT2D eigenvalue weighted by Crippen LogP contribution is 2.28. The lowest BCUT2D eigenvalue weighted by molar-refractivity contribution is 0.0315. The van der Waals surface area contributed by atoms with Gasteiger partial charge in [0.1, 0.15) is 0 Å². The van der Waals surface area contributed by atoms with Gasteiger partial charge in [-0.2, -0.15) is 0 Å². The zero-order chi connectivity index (χ0) is 15.9. The van der Waals surface area contributed by atoms with Crippen molar-refractivity contribution in [1.29, 1.82) is 0 Å². The van der Waals surface area contributed by atoms with Gasteiger partial charge in [0.2, 0.25) is 10.1 Å². The second-order valence-electron chi connectivity index (χ2n) is 6.02. The van der Waals surface area contributed by atoms with E-state index in [0.717, 1.165) is 52.4 Å². The fourth-order valence-corrected chi connectivity index (χ4v) is 3.67. The molecule has 4 rings (SSSR count). The van der Waals surface area contributed by atoms with Gasteiger partial charge in [-0.05, 0) is 31.9 Å². The van der Waals surface area contributed by atoms with Gasteiger partial charge >= 0.3 is 0 Å². The third-order valence-corrected chi connectivity index (χ3v) is 5.23. The molecule has 1 unspecified atom stereocenters. The summed E-state index contributed by atoms with van der Waals surface area (Å²) in [4.78, 5) is 5.51.